The van der Waals surface area contributed by atoms with Gasteiger partial charge in [-0.15, -0.1) is 0 Å². The molecule has 0 spiro atoms. The van der Waals surface area contributed by atoms with Crippen LogP contribution in [0.15, 0.2) is 78.4 Å². The Bertz CT molecular complexity index is 1270. The number of carbonyl (C=O) groups is 2. The van der Waals surface area contributed by atoms with E-state index in [2.05, 4.69) is 13.8 Å². The van der Waals surface area contributed by atoms with E-state index in [0.717, 1.165) is 0 Å². The van der Waals surface area contributed by atoms with Gasteiger partial charge in [0, 0.05) is 16.3 Å². The number of ketones is 1. The van der Waals surface area contributed by atoms with Gasteiger partial charge < -0.3 is 14.6 Å². The molecule has 3 aromatic rings. The molecule has 1 N–H and O–H groups in total. The average Bonchev–Trinajstić information content (AvgIpc) is 3.13. The summed E-state index contributed by atoms with van der Waals surface area (Å²) in [5, 5.41) is 11.6. The molecule has 1 aliphatic heterocycles. The first-order valence-electron chi connectivity index (χ1n) is 11.2. The largest absolute Gasteiger partial charge is 0.507 e. The zero-order valence-electron chi connectivity index (χ0n) is 19.7. The van der Waals surface area contributed by atoms with Crippen LogP contribution < -0.4 is 14.4 Å². The Labute approximate surface area is 209 Å². The number of ether oxygens (including phenoxy) is 2. The highest BCUT2D eigenvalue weighted by Crippen LogP contribution is 2.43. The van der Waals surface area contributed by atoms with Crippen molar-refractivity contribution in [2.24, 2.45) is 5.92 Å². The van der Waals surface area contributed by atoms with Crippen molar-refractivity contribution in [3.63, 3.8) is 0 Å². The van der Waals surface area contributed by atoms with Gasteiger partial charge in [-0.3, -0.25) is 14.5 Å². The summed E-state index contributed by atoms with van der Waals surface area (Å²) in [4.78, 5) is 27.9. The maximum atomic E-state index is 13.3. The Hall–Kier alpha value is -3.77. The van der Waals surface area contributed by atoms with Gasteiger partial charge in [0.2, 0.25) is 0 Å². The van der Waals surface area contributed by atoms with E-state index < -0.39 is 17.7 Å². The minimum Gasteiger partial charge on any atom is -0.507 e. The first-order chi connectivity index (χ1) is 16.8. The van der Waals surface area contributed by atoms with E-state index in [1.165, 1.54) is 4.90 Å². The molecule has 3 aromatic carbocycles. The van der Waals surface area contributed by atoms with Crippen molar-refractivity contribution in [3.8, 4) is 11.5 Å². The molecule has 1 amide bonds. The molecule has 1 aliphatic rings. The standard InChI is InChI=1S/C28H26ClNO5/c1-17(2)16-35-23-13-9-21(10-14-23)30-25(18-7-11-22(34-3)12-8-18)24(27(32)28(30)33)26(31)19-5-4-6-20(29)15-19/h4-15,17,25,31H,16H2,1-3H3/b26-24-. The number of hydrogen-bond donors (Lipinski definition) is 1. The molecule has 0 saturated carbocycles. The van der Waals surface area contributed by atoms with Gasteiger partial charge in [-0.05, 0) is 60.0 Å². The van der Waals surface area contributed by atoms with E-state index in [9.17, 15) is 14.7 Å². The Kier molecular flexibility index (Phi) is 7.12. The smallest absolute Gasteiger partial charge is 0.300 e. The van der Waals surface area contributed by atoms with Crippen LogP contribution in [0.25, 0.3) is 5.76 Å². The number of carbonyl (C=O) groups excluding carboxylic acids is 2. The second-order valence-corrected chi connectivity index (χ2v) is 9.09. The molecule has 6 nitrogen and oxygen atoms in total. The van der Waals surface area contributed by atoms with E-state index in [1.54, 1.807) is 79.9 Å². The van der Waals surface area contributed by atoms with Crippen LogP contribution in [0.2, 0.25) is 5.02 Å². The second kappa shape index (κ2) is 10.2. The highest BCUT2D eigenvalue weighted by atomic mass is 35.5. The molecular formula is C28H26ClNO5. The van der Waals surface area contributed by atoms with Gasteiger partial charge in [0.15, 0.2) is 0 Å². The van der Waals surface area contributed by atoms with Gasteiger partial charge in [-0.25, -0.2) is 0 Å². The summed E-state index contributed by atoms with van der Waals surface area (Å²) in [5.74, 6) is -0.125. The van der Waals surface area contributed by atoms with Gasteiger partial charge >= 0.3 is 0 Å². The van der Waals surface area contributed by atoms with Crippen molar-refractivity contribution in [1.29, 1.82) is 0 Å². The lowest BCUT2D eigenvalue weighted by molar-refractivity contribution is -0.132. The molecule has 35 heavy (non-hydrogen) atoms. The molecule has 180 valence electrons. The molecule has 1 unspecified atom stereocenters. The summed E-state index contributed by atoms with van der Waals surface area (Å²) in [5.41, 5.74) is 1.50. The van der Waals surface area contributed by atoms with E-state index in [-0.39, 0.29) is 11.3 Å². The lowest BCUT2D eigenvalue weighted by atomic mass is 9.95. The number of amides is 1. The maximum absolute atomic E-state index is 13.3. The van der Waals surface area contributed by atoms with Gasteiger partial charge in [0.1, 0.15) is 17.3 Å². The fourth-order valence-corrected chi connectivity index (χ4v) is 4.15. The molecule has 0 bridgehead atoms. The fourth-order valence-electron chi connectivity index (χ4n) is 3.96. The van der Waals surface area contributed by atoms with E-state index >= 15 is 0 Å². The molecule has 0 aromatic heterocycles. The summed E-state index contributed by atoms with van der Waals surface area (Å²) < 4.78 is 11.0. The summed E-state index contributed by atoms with van der Waals surface area (Å²) in [6.07, 6.45) is 0. The first kappa shape index (κ1) is 24.4. The lowest BCUT2D eigenvalue weighted by Crippen LogP contribution is -2.29. The molecular weight excluding hydrogens is 466 g/mol. The summed E-state index contributed by atoms with van der Waals surface area (Å²) in [6, 6.07) is 19.7. The summed E-state index contributed by atoms with van der Waals surface area (Å²) in [6.45, 7) is 4.68. The Balaban J connectivity index is 1.82. The highest BCUT2D eigenvalue weighted by molar-refractivity contribution is 6.51. The monoisotopic (exact) mass is 491 g/mol. The van der Waals surface area contributed by atoms with Crippen LogP contribution in [0.3, 0.4) is 0 Å². The van der Waals surface area contributed by atoms with E-state index in [0.29, 0.717) is 45.9 Å². The minimum absolute atomic E-state index is 0.0115. The Morgan fingerprint density at radius 1 is 1.00 bits per heavy atom. The van der Waals surface area contributed by atoms with Crippen molar-refractivity contribution in [2.75, 3.05) is 18.6 Å². The molecule has 1 atom stereocenters. The predicted octanol–water partition coefficient (Wildman–Crippen LogP) is 6.01. The van der Waals surface area contributed by atoms with E-state index in [4.69, 9.17) is 21.1 Å². The maximum Gasteiger partial charge on any atom is 0.300 e. The van der Waals surface area contributed by atoms with Crippen molar-refractivity contribution in [3.05, 3.63) is 94.5 Å². The third-order valence-electron chi connectivity index (χ3n) is 5.67. The number of halogens is 1. The molecule has 4 rings (SSSR count). The number of Topliss-reactive ketones (excluding diaryl/α,β-unsaturated/α-hetero) is 1. The quantitative estimate of drug-likeness (QED) is 0.249. The molecule has 1 saturated heterocycles. The summed E-state index contributed by atoms with van der Waals surface area (Å²) >= 11 is 6.11. The van der Waals surface area contributed by atoms with Crippen LogP contribution in [-0.4, -0.2) is 30.5 Å². The topological polar surface area (TPSA) is 76.1 Å². The number of aliphatic hydroxyl groups is 1. The zero-order chi connectivity index (χ0) is 25.1. The van der Waals surface area contributed by atoms with Crippen LogP contribution in [-0.2, 0) is 9.59 Å². The molecule has 1 heterocycles. The number of rotatable bonds is 7. The lowest BCUT2D eigenvalue weighted by Gasteiger charge is -2.26. The molecule has 0 radical (unpaired) electrons. The van der Waals surface area contributed by atoms with Crippen molar-refractivity contribution in [1.82, 2.24) is 0 Å². The minimum atomic E-state index is -0.845. The third-order valence-corrected chi connectivity index (χ3v) is 5.91. The average molecular weight is 492 g/mol. The summed E-state index contributed by atoms with van der Waals surface area (Å²) in [7, 11) is 1.56. The SMILES string of the molecule is COc1ccc(C2/C(=C(/O)c3cccc(Cl)c3)C(=O)C(=O)N2c2ccc(OCC(C)C)cc2)cc1. The van der Waals surface area contributed by atoms with Crippen LogP contribution in [0, 0.1) is 5.92 Å². The van der Waals surface area contributed by atoms with Crippen LogP contribution in [0.4, 0.5) is 5.69 Å². The van der Waals surface area contributed by atoms with Crippen molar-refractivity contribution >= 4 is 34.7 Å². The van der Waals surface area contributed by atoms with E-state index in [1.807, 2.05) is 0 Å². The number of anilines is 1. The molecule has 0 aliphatic carbocycles. The van der Waals surface area contributed by atoms with Crippen molar-refractivity contribution < 1.29 is 24.2 Å². The Morgan fingerprint density at radius 3 is 2.26 bits per heavy atom. The number of nitrogens with zero attached hydrogens (tertiary/aromatic N) is 1. The molecule has 1 fully saturated rings. The van der Waals surface area contributed by atoms with Crippen LogP contribution in [0.5, 0.6) is 11.5 Å². The normalized spacial score (nSPS) is 17.2. The number of hydrogen-bond acceptors (Lipinski definition) is 5. The van der Waals surface area contributed by atoms with Gasteiger partial charge in [-0.2, -0.15) is 0 Å². The van der Waals surface area contributed by atoms with Gasteiger partial charge in [-0.1, -0.05) is 49.7 Å². The zero-order valence-corrected chi connectivity index (χ0v) is 20.5. The second-order valence-electron chi connectivity index (χ2n) is 8.65. The number of aliphatic hydroxyl groups excluding tert-OH is 1. The Morgan fingerprint density at radius 2 is 1.66 bits per heavy atom. The fraction of sp³-hybridized carbons (Fsp3) is 0.214. The van der Waals surface area contributed by atoms with Gasteiger partial charge in [0.25, 0.3) is 11.7 Å². The number of methoxy groups -OCH3 is 1. The van der Waals surface area contributed by atoms with Crippen LogP contribution in [0.1, 0.15) is 31.0 Å². The molecule has 7 heteroatoms. The van der Waals surface area contributed by atoms with Crippen LogP contribution >= 0.6 is 11.6 Å². The predicted molar refractivity (Wildman–Crippen MR) is 136 cm³/mol. The van der Waals surface area contributed by atoms with Crippen molar-refractivity contribution in [2.45, 2.75) is 19.9 Å². The number of benzene rings is 3. The van der Waals surface area contributed by atoms with Gasteiger partial charge in [0.05, 0.1) is 25.3 Å². The highest BCUT2D eigenvalue weighted by Gasteiger charge is 2.47. The first-order valence-corrected chi connectivity index (χ1v) is 11.6. The third kappa shape index (κ3) is 5.03.